The molecule has 4 nitrogen and oxygen atoms in total. The Hall–Kier alpha value is -2.97. The maximum atomic E-state index is 14.3. The monoisotopic (exact) mass is 402 g/mol. The zero-order chi connectivity index (χ0) is 21.0. The molecule has 5 rings (SSSR count). The maximum Gasteiger partial charge on any atom is 0.193 e. The molecule has 5 heteroatoms. The zero-order valence-electron chi connectivity index (χ0n) is 17.1. The number of fused-ring (bicyclic) bond motifs is 3. The fraction of sp³-hybridized carbons (Fsp3) is 0.360. The molecule has 2 aromatic carbocycles. The summed E-state index contributed by atoms with van der Waals surface area (Å²) in [5.74, 6) is 0.140. The molecule has 2 aliphatic carbocycles. The molecule has 0 amide bonds. The van der Waals surface area contributed by atoms with Gasteiger partial charge in [-0.2, -0.15) is 5.26 Å². The van der Waals surface area contributed by atoms with Crippen LogP contribution in [0.25, 0.3) is 5.57 Å². The molecule has 1 saturated heterocycles. The van der Waals surface area contributed by atoms with Crippen LogP contribution in [0.15, 0.2) is 35.9 Å². The average molecular weight is 402 g/mol. The second-order valence-corrected chi connectivity index (χ2v) is 8.86. The van der Waals surface area contributed by atoms with E-state index in [0.717, 1.165) is 48.4 Å². The number of carbonyl (C=O) groups is 1. The first kappa shape index (κ1) is 19.0. The molecule has 1 fully saturated rings. The van der Waals surface area contributed by atoms with E-state index in [0.29, 0.717) is 23.1 Å². The minimum absolute atomic E-state index is 0.0222. The Morgan fingerprint density at radius 2 is 1.93 bits per heavy atom. The molecule has 1 heterocycles. The molecule has 2 aromatic rings. The number of benzene rings is 2. The van der Waals surface area contributed by atoms with Crippen molar-refractivity contribution in [2.45, 2.75) is 44.6 Å². The lowest BCUT2D eigenvalue weighted by atomic mass is 9.68. The van der Waals surface area contributed by atoms with Crippen molar-refractivity contribution >= 4 is 11.4 Å². The van der Waals surface area contributed by atoms with Crippen molar-refractivity contribution in [1.82, 2.24) is 5.32 Å². The van der Waals surface area contributed by atoms with Gasteiger partial charge in [-0.3, -0.25) is 4.79 Å². The van der Waals surface area contributed by atoms with Gasteiger partial charge in [-0.1, -0.05) is 13.8 Å². The number of Topliss-reactive ketones (excluding diaryl/α,β-unsaturated/α-hetero) is 1. The lowest BCUT2D eigenvalue weighted by Crippen LogP contribution is -2.34. The van der Waals surface area contributed by atoms with Crippen LogP contribution in [-0.4, -0.2) is 25.0 Å². The van der Waals surface area contributed by atoms with Crippen molar-refractivity contribution in [1.29, 1.82) is 5.26 Å². The molecule has 1 aliphatic heterocycles. The summed E-state index contributed by atoms with van der Waals surface area (Å²) in [7, 11) is 0. The Bertz CT molecular complexity index is 1150. The molecule has 152 valence electrons. The van der Waals surface area contributed by atoms with E-state index >= 15 is 0 Å². The standard InChI is InChI=1S/C25H23FN2O2/c1-25(2)20-11-17(30-16-5-7-28-8-6-16)3-4-18(20)24(29)23-19-12-22(26)15(13-27)9-14(19)10-21(23)25/h3-4,9,11-12,16,28H,5-8,10H2,1-2H3. The third-order valence-electron chi connectivity index (χ3n) is 6.73. The van der Waals surface area contributed by atoms with Gasteiger partial charge >= 0.3 is 0 Å². The van der Waals surface area contributed by atoms with Gasteiger partial charge in [0.05, 0.1) is 5.56 Å². The number of allylic oxidation sites excluding steroid dienone is 2. The van der Waals surface area contributed by atoms with Crippen LogP contribution in [0.1, 0.15) is 59.3 Å². The molecule has 0 unspecified atom stereocenters. The van der Waals surface area contributed by atoms with Crippen LogP contribution in [0.5, 0.6) is 5.75 Å². The van der Waals surface area contributed by atoms with Crippen molar-refractivity contribution in [3.05, 3.63) is 69.5 Å². The summed E-state index contributed by atoms with van der Waals surface area (Å²) in [6, 6.07) is 10.6. The van der Waals surface area contributed by atoms with Crippen molar-refractivity contribution in [3.63, 3.8) is 0 Å². The molecule has 30 heavy (non-hydrogen) atoms. The summed E-state index contributed by atoms with van der Waals surface area (Å²) < 4.78 is 20.5. The highest BCUT2D eigenvalue weighted by molar-refractivity contribution is 6.33. The molecule has 0 aromatic heterocycles. The number of halogens is 1. The van der Waals surface area contributed by atoms with Gasteiger partial charge in [-0.25, -0.2) is 4.39 Å². The Kier molecular flexibility index (Phi) is 4.30. The predicted octanol–water partition coefficient (Wildman–Crippen LogP) is 4.31. The molecular weight excluding hydrogens is 379 g/mol. The van der Waals surface area contributed by atoms with E-state index in [1.807, 2.05) is 24.3 Å². The number of nitrogens with one attached hydrogen (secondary N) is 1. The van der Waals surface area contributed by atoms with E-state index in [9.17, 15) is 14.4 Å². The van der Waals surface area contributed by atoms with Crippen molar-refractivity contribution < 1.29 is 13.9 Å². The van der Waals surface area contributed by atoms with E-state index in [-0.39, 0.29) is 17.5 Å². The lowest BCUT2D eigenvalue weighted by Gasteiger charge is -2.35. The van der Waals surface area contributed by atoms with Gasteiger partial charge < -0.3 is 10.1 Å². The van der Waals surface area contributed by atoms with E-state index in [1.165, 1.54) is 6.07 Å². The van der Waals surface area contributed by atoms with Crippen LogP contribution < -0.4 is 10.1 Å². The maximum absolute atomic E-state index is 14.3. The molecule has 0 radical (unpaired) electrons. The van der Waals surface area contributed by atoms with Crippen molar-refractivity contribution in [2.24, 2.45) is 0 Å². The molecule has 3 aliphatic rings. The molecule has 0 bridgehead atoms. The molecule has 0 atom stereocenters. The minimum atomic E-state index is -0.577. The van der Waals surface area contributed by atoms with Crippen molar-refractivity contribution in [3.8, 4) is 11.8 Å². The van der Waals surface area contributed by atoms with Gasteiger partial charge in [-0.05, 0) is 84.9 Å². The summed E-state index contributed by atoms with van der Waals surface area (Å²) in [5.41, 5.74) is 4.28. The summed E-state index contributed by atoms with van der Waals surface area (Å²) in [6.45, 7) is 6.12. The third-order valence-corrected chi connectivity index (χ3v) is 6.73. The zero-order valence-corrected chi connectivity index (χ0v) is 17.1. The number of carbonyl (C=O) groups excluding carboxylic acids is 1. The van der Waals surface area contributed by atoms with Gasteiger partial charge in [-0.15, -0.1) is 0 Å². The Morgan fingerprint density at radius 1 is 1.17 bits per heavy atom. The van der Waals surface area contributed by atoms with Gasteiger partial charge in [0.1, 0.15) is 23.7 Å². The molecule has 0 spiro atoms. The van der Waals surface area contributed by atoms with Crippen LogP contribution in [0.2, 0.25) is 0 Å². The lowest BCUT2D eigenvalue weighted by molar-refractivity contribution is 0.105. The molecule has 1 N–H and O–H groups in total. The fourth-order valence-corrected chi connectivity index (χ4v) is 5.03. The number of nitrogens with zero attached hydrogens (tertiary/aromatic N) is 1. The summed E-state index contributed by atoms with van der Waals surface area (Å²) in [5, 5.41) is 12.5. The SMILES string of the molecule is CC1(C)C2=C(C(=O)c3ccc(OC4CCNCC4)cc31)c1cc(F)c(C#N)cc1C2. The number of ketones is 1. The molecular formula is C25H23FN2O2. The summed E-state index contributed by atoms with van der Waals surface area (Å²) in [4.78, 5) is 13.4. The Balaban J connectivity index is 1.56. The first-order valence-electron chi connectivity index (χ1n) is 10.4. The first-order valence-corrected chi connectivity index (χ1v) is 10.4. The number of piperidine rings is 1. The number of rotatable bonds is 2. The van der Waals surface area contributed by atoms with E-state index < -0.39 is 11.2 Å². The largest absolute Gasteiger partial charge is 0.490 e. The number of ether oxygens (including phenoxy) is 1. The number of nitriles is 1. The predicted molar refractivity (Wildman–Crippen MR) is 112 cm³/mol. The van der Waals surface area contributed by atoms with Gasteiger partial charge in [0.2, 0.25) is 0 Å². The Morgan fingerprint density at radius 3 is 2.67 bits per heavy atom. The smallest absolute Gasteiger partial charge is 0.193 e. The van der Waals surface area contributed by atoms with E-state index in [4.69, 9.17) is 4.74 Å². The minimum Gasteiger partial charge on any atom is -0.490 e. The highest BCUT2D eigenvalue weighted by Gasteiger charge is 2.43. The topological polar surface area (TPSA) is 62.1 Å². The summed E-state index contributed by atoms with van der Waals surface area (Å²) >= 11 is 0. The van der Waals surface area contributed by atoms with Gasteiger partial charge in [0, 0.05) is 16.6 Å². The average Bonchev–Trinajstić information content (AvgIpc) is 3.12. The van der Waals surface area contributed by atoms with E-state index in [1.54, 1.807) is 6.07 Å². The first-order chi connectivity index (χ1) is 14.4. The summed E-state index contributed by atoms with van der Waals surface area (Å²) in [6.07, 6.45) is 2.68. The quantitative estimate of drug-likeness (QED) is 0.813. The fourth-order valence-electron chi connectivity index (χ4n) is 5.03. The second-order valence-electron chi connectivity index (χ2n) is 8.86. The third kappa shape index (κ3) is 2.79. The normalized spacial score (nSPS) is 19.7. The van der Waals surface area contributed by atoms with Gasteiger partial charge in [0.25, 0.3) is 0 Å². The van der Waals surface area contributed by atoms with Crippen LogP contribution in [0, 0.1) is 17.1 Å². The Labute approximate surface area is 175 Å². The number of hydrogen-bond acceptors (Lipinski definition) is 4. The van der Waals surface area contributed by atoms with Gasteiger partial charge in [0.15, 0.2) is 5.78 Å². The highest BCUT2D eigenvalue weighted by atomic mass is 19.1. The van der Waals surface area contributed by atoms with Crippen LogP contribution in [-0.2, 0) is 11.8 Å². The van der Waals surface area contributed by atoms with Crippen LogP contribution in [0.4, 0.5) is 4.39 Å². The van der Waals surface area contributed by atoms with Crippen LogP contribution >= 0.6 is 0 Å². The van der Waals surface area contributed by atoms with Crippen LogP contribution in [0.3, 0.4) is 0 Å². The number of hydrogen-bond donors (Lipinski definition) is 1. The van der Waals surface area contributed by atoms with Crippen molar-refractivity contribution in [2.75, 3.05) is 13.1 Å². The van der Waals surface area contributed by atoms with E-state index in [2.05, 4.69) is 19.2 Å². The molecule has 0 saturated carbocycles. The highest BCUT2D eigenvalue weighted by Crippen LogP contribution is 2.50. The second kappa shape index (κ2) is 6.78.